The van der Waals surface area contributed by atoms with Gasteiger partial charge in [-0.25, -0.2) is 0 Å². The van der Waals surface area contributed by atoms with Crippen molar-refractivity contribution in [1.82, 2.24) is 5.32 Å². The Morgan fingerprint density at radius 1 is 1.53 bits per heavy atom. The molecule has 0 radical (unpaired) electrons. The van der Waals surface area contributed by atoms with Crippen molar-refractivity contribution in [2.24, 2.45) is 0 Å². The lowest BCUT2D eigenvalue weighted by Gasteiger charge is -2.12. The van der Waals surface area contributed by atoms with E-state index in [1.54, 1.807) is 0 Å². The zero-order valence-corrected chi connectivity index (χ0v) is 11.0. The van der Waals surface area contributed by atoms with Crippen LogP contribution in [0.4, 0.5) is 5.69 Å². The Kier molecular flexibility index (Phi) is 3.47. The van der Waals surface area contributed by atoms with Gasteiger partial charge in [0.05, 0.1) is 5.69 Å². The Labute approximate surface area is 108 Å². The minimum absolute atomic E-state index is 0.0619. The number of carbonyl (C=O) groups excluding carboxylic acids is 2. The van der Waals surface area contributed by atoms with Crippen molar-refractivity contribution in [3.63, 3.8) is 0 Å². The molecule has 1 heterocycles. The van der Waals surface area contributed by atoms with Gasteiger partial charge in [0.15, 0.2) is 0 Å². The smallest absolute Gasteiger partial charge is 0.246 e. The molecule has 1 aromatic carbocycles. The highest BCUT2D eigenvalue weighted by molar-refractivity contribution is 9.10. The summed E-state index contributed by atoms with van der Waals surface area (Å²) in [6.45, 7) is 1.98. The molecule has 2 rings (SSSR count). The fourth-order valence-corrected chi connectivity index (χ4v) is 2.34. The molecule has 1 aromatic rings. The number of hydrogen-bond donors (Lipinski definition) is 2. The summed E-state index contributed by atoms with van der Waals surface area (Å²) >= 11 is 3.39. The van der Waals surface area contributed by atoms with Crippen molar-refractivity contribution in [2.45, 2.75) is 25.8 Å². The second-order valence-electron chi connectivity index (χ2n) is 4.13. The molecule has 90 valence electrons. The van der Waals surface area contributed by atoms with E-state index in [1.165, 1.54) is 0 Å². The molecule has 0 bridgehead atoms. The summed E-state index contributed by atoms with van der Waals surface area (Å²) in [4.78, 5) is 22.9. The highest BCUT2D eigenvalue weighted by Gasteiger charge is 2.27. The average molecular weight is 297 g/mol. The topological polar surface area (TPSA) is 58.2 Å². The maximum Gasteiger partial charge on any atom is 0.246 e. The highest BCUT2D eigenvalue weighted by Crippen LogP contribution is 2.24. The van der Waals surface area contributed by atoms with Crippen LogP contribution in [0.25, 0.3) is 0 Å². The zero-order valence-electron chi connectivity index (χ0n) is 9.42. The minimum atomic E-state index is -0.407. The molecule has 2 N–H and O–H groups in total. The standard InChI is InChI=1S/C12H13BrN2O2/c1-7-2-3-9(8(13)6-7)15-12(17)10-4-5-11(16)14-10/h2-3,6,10H,4-5H2,1H3,(H,14,16)(H,15,17)/t10-/m0/s1. The summed E-state index contributed by atoms with van der Waals surface area (Å²) in [6, 6.07) is 5.29. The van der Waals surface area contributed by atoms with Crippen LogP contribution in [0.15, 0.2) is 22.7 Å². The number of carbonyl (C=O) groups is 2. The predicted octanol–water partition coefficient (Wildman–Crippen LogP) is 1.97. The van der Waals surface area contributed by atoms with Crippen LogP contribution >= 0.6 is 15.9 Å². The molecule has 1 saturated heterocycles. The first-order valence-electron chi connectivity index (χ1n) is 5.42. The van der Waals surface area contributed by atoms with Gasteiger partial charge in [0.25, 0.3) is 0 Å². The Morgan fingerprint density at radius 3 is 2.88 bits per heavy atom. The van der Waals surface area contributed by atoms with Gasteiger partial charge in [-0.15, -0.1) is 0 Å². The van der Waals surface area contributed by atoms with E-state index in [0.29, 0.717) is 12.8 Å². The molecule has 1 atom stereocenters. The van der Waals surface area contributed by atoms with Crippen molar-refractivity contribution in [3.05, 3.63) is 28.2 Å². The number of hydrogen-bond acceptors (Lipinski definition) is 2. The lowest BCUT2D eigenvalue weighted by molar-refractivity contribution is -0.122. The Morgan fingerprint density at radius 2 is 2.29 bits per heavy atom. The lowest BCUT2D eigenvalue weighted by Crippen LogP contribution is -2.37. The third-order valence-electron chi connectivity index (χ3n) is 2.69. The quantitative estimate of drug-likeness (QED) is 0.877. The first-order valence-corrected chi connectivity index (χ1v) is 6.22. The van der Waals surface area contributed by atoms with Gasteiger partial charge in [0, 0.05) is 10.9 Å². The molecule has 2 amide bonds. The molecule has 5 heteroatoms. The summed E-state index contributed by atoms with van der Waals surface area (Å²) in [5, 5.41) is 5.44. The van der Waals surface area contributed by atoms with E-state index in [9.17, 15) is 9.59 Å². The monoisotopic (exact) mass is 296 g/mol. The Bertz CT molecular complexity index is 474. The number of anilines is 1. The van der Waals surface area contributed by atoms with Gasteiger partial charge in [-0.1, -0.05) is 6.07 Å². The van der Waals surface area contributed by atoms with Crippen LogP contribution in [0.2, 0.25) is 0 Å². The van der Waals surface area contributed by atoms with Gasteiger partial charge in [-0.2, -0.15) is 0 Å². The van der Waals surface area contributed by atoms with E-state index >= 15 is 0 Å². The fourth-order valence-electron chi connectivity index (χ4n) is 1.75. The van der Waals surface area contributed by atoms with Crippen LogP contribution in [-0.4, -0.2) is 17.9 Å². The van der Waals surface area contributed by atoms with Crippen molar-refractivity contribution >= 4 is 33.4 Å². The number of aryl methyl sites for hydroxylation is 1. The van der Waals surface area contributed by atoms with E-state index in [2.05, 4.69) is 26.6 Å². The first kappa shape index (κ1) is 12.1. The van der Waals surface area contributed by atoms with Crippen molar-refractivity contribution in [1.29, 1.82) is 0 Å². The Hall–Kier alpha value is -1.36. The largest absolute Gasteiger partial charge is 0.344 e. The van der Waals surface area contributed by atoms with E-state index in [0.717, 1.165) is 15.7 Å². The summed E-state index contributed by atoms with van der Waals surface area (Å²) < 4.78 is 0.843. The van der Waals surface area contributed by atoms with Gasteiger partial charge >= 0.3 is 0 Å². The van der Waals surface area contributed by atoms with E-state index < -0.39 is 6.04 Å². The third-order valence-corrected chi connectivity index (χ3v) is 3.35. The molecule has 0 aromatic heterocycles. The molecule has 4 nitrogen and oxygen atoms in total. The van der Waals surface area contributed by atoms with Gasteiger partial charge in [-0.3, -0.25) is 9.59 Å². The molecule has 0 unspecified atom stereocenters. The lowest BCUT2D eigenvalue weighted by atomic mass is 10.2. The molecule has 0 aliphatic carbocycles. The molecule has 1 aliphatic heterocycles. The molecule has 0 spiro atoms. The van der Waals surface area contributed by atoms with E-state index in [-0.39, 0.29) is 11.8 Å². The molecule has 17 heavy (non-hydrogen) atoms. The van der Waals surface area contributed by atoms with Crippen LogP contribution < -0.4 is 10.6 Å². The molecule has 1 aliphatic rings. The second-order valence-corrected chi connectivity index (χ2v) is 4.99. The van der Waals surface area contributed by atoms with Gasteiger partial charge in [0.2, 0.25) is 11.8 Å². The van der Waals surface area contributed by atoms with Crippen LogP contribution in [0.5, 0.6) is 0 Å². The fraction of sp³-hybridized carbons (Fsp3) is 0.333. The van der Waals surface area contributed by atoms with Crippen molar-refractivity contribution in [3.8, 4) is 0 Å². The van der Waals surface area contributed by atoms with Crippen LogP contribution in [0.1, 0.15) is 18.4 Å². The van der Waals surface area contributed by atoms with E-state index in [1.807, 2.05) is 25.1 Å². The average Bonchev–Trinajstić information content (AvgIpc) is 2.69. The van der Waals surface area contributed by atoms with Gasteiger partial charge in [0.1, 0.15) is 6.04 Å². The molecular formula is C12H13BrN2O2. The van der Waals surface area contributed by atoms with E-state index in [4.69, 9.17) is 0 Å². The summed E-state index contributed by atoms with van der Waals surface area (Å²) in [5.41, 5.74) is 1.84. The Balaban J connectivity index is 2.05. The van der Waals surface area contributed by atoms with Gasteiger partial charge < -0.3 is 10.6 Å². The number of nitrogens with one attached hydrogen (secondary N) is 2. The molecule has 1 fully saturated rings. The maximum absolute atomic E-state index is 11.9. The number of benzene rings is 1. The van der Waals surface area contributed by atoms with Crippen molar-refractivity contribution < 1.29 is 9.59 Å². The maximum atomic E-state index is 11.9. The highest BCUT2D eigenvalue weighted by atomic mass is 79.9. The van der Waals surface area contributed by atoms with Gasteiger partial charge in [-0.05, 0) is 47.0 Å². The second kappa shape index (κ2) is 4.87. The number of halogens is 1. The summed E-state index contributed by atoms with van der Waals surface area (Å²) in [6.07, 6.45) is 0.987. The van der Waals surface area contributed by atoms with Crippen LogP contribution in [-0.2, 0) is 9.59 Å². The SMILES string of the molecule is Cc1ccc(NC(=O)[C@@H]2CCC(=O)N2)c(Br)c1. The minimum Gasteiger partial charge on any atom is -0.344 e. The number of amides is 2. The summed E-state index contributed by atoms with van der Waals surface area (Å²) in [7, 11) is 0. The van der Waals surface area contributed by atoms with Crippen LogP contribution in [0, 0.1) is 6.92 Å². The number of rotatable bonds is 2. The third kappa shape index (κ3) is 2.85. The van der Waals surface area contributed by atoms with Crippen LogP contribution in [0.3, 0.4) is 0 Å². The zero-order chi connectivity index (χ0) is 12.4. The predicted molar refractivity (Wildman–Crippen MR) is 68.7 cm³/mol. The molecular weight excluding hydrogens is 284 g/mol. The normalized spacial score (nSPS) is 18.9. The first-order chi connectivity index (χ1) is 8.06. The van der Waals surface area contributed by atoms with Crippen molar-refractivity contribution in [2.75, 3.05) is 5.32 Å². The molecule has 0 saturated carbocycles. The summed E-state index contributed by atoms with van der Waals surface area (Å²) in [5.74, 6) is -0.228.